The van der Waals surface area contributed by atoms with Crippen molar-refractivity contribution >= 4 is 34.4 Å². The Labute approximate surface area is 194 Å². The lowest BCUT2D eigenvalue weighted by Gasteiger charge is -2.16. The number of methoxy groups -OCH3 is 1. The van der Waals surface area contributed by atoms with Crippen molar-refractivity contribution in [2.24, 2.45) is 4.99 Å². The number of nitrogens with zero attached hydrogens (tertiary/aromatic N) is 2. The molecule has 0 bridgehead atoms. The van der Waals surface area contributed by atoms with Crippen LogP contribution in [-0.2, 0) is 16.1 Å². The van der Waals surface area contributed by atoms with Crippen LogP contribution in [0, 0.1) is 0 Å². The summed E-state index contributed by atoms with van der Waals surface area (Å²) in [5.41, 5.74) is 1.79. The van der Waals surface area contributed by atoms with Crippen LogP contribution < -0.4 is 10.1 Å². The lowest BCUT2D eigenvalue weighted by atomic mass is 10.2. The van der Waals surface area contributed by atoms with Gasteiger partial charge in [-0.25, -0.2) is 4.99 Å². The van der Waals surface area contributed by atoms with Crippen LogP contribution in [0.15, 0.2) is 59.6 Å². The van der Waals surface area contributed by atoms with Gasteiger partial charge in [-0.1, -0.05) is 68.3 Å². The highest BCUT2D eigenvalue weighted by atomic mass is 32.2. The molecule has 1 saturated heterocycles. The van der Waals surface area contributed by atoms with Crippen LogP contribution in [-0.4, -0.2) is 40.8 Å². The quantitative estimate of drug-likeness (QED) is 0.491. The summed E-state index contributed by atoms with van der Waals surface area (Å²) in [6.07, 6.45) is 4.45. The first-order valence-corrected chi connectivity index (χ1v) is 12.0. The van der Waals surface area contributed by atoms with E-state index in [1.54, 1.807) is 12.0 Å². The molecule has 0 aliphatic carbocycles. The van der Waals surface area contributed by atoms with E-state index in [0.717, 1.165) is 42.7 Å². The van der Waals surface area contributed by atoms with E-state index in [2.05, 4.69) is 12.2 Å². The maximum Gasteiger partial charge on any atom is 0.242 e. The van der Waals surface area contributed by atoms with Crippen LogP contribution in [0.3, 0.4) is 0 Å². The minimum absolute atomic E-state index is 0.0271. The predicted molar refractivity (Wildman–Crippen MR) is 130 cm³/mol. The maximum atomic E-state index is 13.1. The van der Waals surface area contributed by atoms with Gasteiger partial charge < -0.3 is 10.1 Å². The number of carbonyl (C=O) groups excluding carboxylic acids is 2. The summed E-state index contributed by atoms with van der Waals surface area (Å²) < 4.78 is 5.16. The lowest BCUT2D eigenvalue weighted by molar-refractivity contribution is -0.129. The summed E-state index contributed by atoms with van der Waals surface area (Å²) in [7, 11) is 1.62. The van der Waals surface area contributed by atoms with Gasteiger partial charge in [0.25, 0.3) is 0 Å². The molecule has 1 fully saturated rings. The smallest absolute Gasteiger partial charge is 0.242 e. The number of rotatable bonds is 11. The molecule has 0 spiro atoms. The van der Waals surface area contributed by atoms with Gasteiger partial charge in [0.15, 0.2) is 5.17 Å². The summed E-state index contributed by atoms with van der Waals surface area (Å²) >= 11 is 1.39. The molecule has 0 aromatic heterocycles. The minimum Gasteiger partial charge on any atom is -0.497 e. The number of hydrogen-bond donors (Lipinski definition) is 1. The highest BCUT2D eigenvalue weighted by molar-refractivity contribution is 8.15. The molecule has 2 aromatic rings. The van der Waals surface area contributed by atoms with Gasteiger partial charge in [-0.05, 0) is 36.2 Å². The van der Waals surface area contributed by atoms with E-state index in [0.29, 0.717) is 18.3 Å². The predicted octanol–water partition coefficient (Wildman–Crippen LogP) is 4.91. The normalized spacial score (nSPS) is 17.1. The summed E-state index contributed by atoms with van der Waals surface area (Å²) in [5.74, 6) is 0.608. The molecule has 2 aromatic carbocycles. The van der Waals surface area contributed by atoms with Crippen molar-refractivity contribution in [1.29, 1.82) is 0 Å². The number of ether oxygens (including phenoxy) is 1. The van der Waals surface area contributed by atoms with Crippen molar-refractivity contribution in [3.05, 3.63) is 60.2 Å². The third-order valence-electron chi connectivity index (χ3n) is 5.26. The average Bonchev–Trinajstić information content (AvgIpc) is 3.10. The number of unbranched alkanes of at least 4 members (excludes halogenated alkanes) is 3. The molecule has 32 heavy (non-hydrogen) atoms. The fourth-order valence-electron chi connectivity index (χ4n) is 3.43. The number of aliphatic imine (C=N–C) groups is 1. The molecular weight excluding hydrogens is 422 g/mol. The van der Waals surface area contributed by atoms with Crippen molar-refractivity contribution < 1.29 is 14.3 Å². The van der Waals surface area contributed by atoms with Crippen LogP contribution in [0.4, 0.5) is 5.69 Å². The monoisotopic (exact) mass is 453 g/mol. The summed E-state index contributed by atoms with van der Waals surface area (Å²) in [6.45, 7) is 3.22. The number of carbonyl (C=O) groups is 2. The molecule has 170 valence electrons. The molecule has 1 unspecified atom stereocenters. The first kappa shape index (κ1) is 23.9. The van der Waals surface area contributed by atoms with E-state index in [-0.39, 0.29) is 18.2 Å². The lowest BCUT2D eigenvalue weighted by Crippen LogP contribution is -2.35. The standard InChI is InChI=1S/C25H31N3O3S/c1-3-4-5-9-16-28-24(30)22(32-25(28)27-20-10-7-6-8-11-20)17-23(29)26-18-19-12-14-21(31-2)15-13-19/h6-8,10-15,22H,3-5,9,16-18H2,1-2H3,(H,26,29). The second kappa shape index (κ2) is 12.3. The van der Waals surface area contributed by atoms with Crippen LogP contribution in [0.5, 0.6) is 5.75 Å². The Bertz CT molecular complexity index is 916. The molecule has 0 saturated carbocycles. The third-order valence-corrected chi connectivity index (χ3v) is 6.43. The van der Waals surface area contributed by atoms with Crippen LogP contribution in [0.25, 0.3) is 0 Å². The van der Waals surface area contributed by atoms with E-state index in [1.807, 2.05) is 54.6 Å². The Morgan fingerprint density at radius 2 is 1.84 bits per heavy atom. The first-order chi connectivity index (χ1) is 15.6. The summed E-state index contributed by atoms with van der Waals surface area (Å²) in [6, 6.07) is 17.2. The highest BCUT2D eigenvalue weighted by Gasteiger charge is 2.38. The second-order valence-electron chi connectivity index (χ2n) is 7.72. The van der Waals surface area contributed by atoms with Crippen LogP contribution >= 0.6 is 11.8 Å². The molecule has 7 heteroatoms. The number of hydrogen-bond acceptors (Lipinski definition) is 5. The molecule has 1 heterocycles. The van der Waals surface area contributed by atoms with Gasteiger partial charge >= 0.3 is 0 Å². The molecule has 1 aliphatic heterocycles. The average molecular weight is 454 g/mol. The van der Waals surface area contributed by atoms with Crippen LogP contribution in [0.1, 0.15) is 44.6 Å². The third kappa shape index (κ3) is 6.85. The molecular formula is C25H31N3O3S. The number of benzene rings is 2. The number of para-hydroxylation sites is 1. The number of nitrogens with one attached hydrogen (secondary N) is 1. The van der Waals surface area contributed by atoms with Gasteiger partial charge in [0, 0.05) is 19.5 Å². The topological polar surface area (TPSA) is 71.0 Å². The summed E-state index contributed by atoms with van der Waals surface area (Å²) in [5, 5.41) is 3.16. The van der Waals surface area contributed by atoms with Gasteiger partial charge in [0.2, 0.25) is 11.8 Å². The Balaban J connectivity index is 1.61. The SMILES string of the molecule is CCCCCCN1C(=O)C(CC(=O)NCc2ccc(OC)cc2)SC1=Nc1ccccc1. The van der Waals surface area contributed by atoms with Crippen LogP contribution in [0.2, 0.25) is 0 Å². The molecule has 6 nitrogen and oxygen atoms in total. The number of thioether (sulfide) groups is 1. The molecule has 3 rings (SSSR count). The maximum absolute atomic E-state index is 13.1. The molecule has 1 N–H and O–H groups in total. The minimum atomic E-state index is -0.445. The van der Waals surface area contributed by atoms with Crippen molar-refractivity contribution in [3.63, 3.8) is 0 Å². The Morgan fingerprint density at radius 1 is 1.09 bits per heavy atom. The summed E-state index contributed by atoms with van der Waals surface area (Å²) in [4.78, 5) is 32.1. The molecule has 0 radical (unpaired) electrons. The van der Waals surface area contributed by atoms with Gasteiger partial charge in [0.05, 0.1) is 12.8 Å². The Morgan fingerprint density at radius 3 is 2.53 bits per heavy atom. The highest BCUT2D eigenvalue weighted by Crippen LogP contribution is 2.32. The largest absolute Gasteiger partial charge is 0.497 e. The zero-order valence-corrected chi connectivity index (χ0v) is 19.6. The van der Waals surface area contributed by atoms with Crippen molar-refractivity contribution in [2.45, 2.75) is 50.8 Å². The molecule has 1 atom stereocenters. The van der Waals surface area contributed by atoms with Gasteiger partial charge in [-0.3, -0.25) is 14.5 Å². The van der Waals surface area contributed by atoms with E-state index in [1.165, 1.54) is 11.8 Å². The fraction of sp³-hybridized carbons (Fsp3) is 0.400. The van der Waals surface area contributed by atoms with Crippen molar-refractivity contribution in [1.82, 2.24) is 10.2 Å². The van der Waals surface area contributed by atoms with E-state index in [4.69, 9.17) is 9.73 Å². The van der Waals surface area contributed by atoms with E-state index >= 15 is 0 Å². The molecule has 2 amide bonds. The molecule has 1 aliphatic rings. The zero-order chi connectivity index (χ0) is 22.8. The van der Waals surface area contributed by atoms with Gasteiger partial charge in [-0.2, -0.15) is 0 Å². The van der Waals surface area contributed by atoms with Crippen molar-refractivity contribution in [3.8, 4) is 5.75 Å². The first-order valence-electron chi connectivity index (χ1n) is 11.1. The zero-order valence-electron chi connectivity index (χ0n) is 18.8. The number of amidine groups is 1. The van der Waals surface area contributed by atoms with Gasteiger partial charge in [-0.15, -0.1) is 0 Å². The van der Waals surface area contributed by atoms with E-state index < -0.39 is 5.25 Å². The second-order valence-corrected chi connectivity index (χ2v) is 8.89. The van der Waals surface area contributed by atoms with E-state index in [9.17, 15) is 9.59 Å². The Kier molecular flexibility index (Phi) is 9.16. The fourth-order valence-corrected chi connectivity index (χ4v) is 4.61. The number of amides is 2. The van der Waals surface area contributed by atoms with Gasteiger partial charge in [0.1, 0.15) is 11.0 Å². The Hall–Kier alpha value is -2.80. The van der Waals surface area contributed by atoms with Crippen molar-refractivity contribution in [2.75, 3.05) is 13.7 Å².